The SMILES string of the molecule is N#CC(C#N)=C(C#N)Nc1ccccc1C(=O)Oc1ccc(F)cc1. The number of rotatable bonds is 4. The first-order valence-corrected chi connectivity index (χ1v) is 6.87. The summed E-state index contributed by atoms with van der Waals surface area (Å²) in [5.41, 5.74) is -0.430. The first-order valence-electron chi connectivity index (χ1n) is 6.87. The van der Waals surface area contributed by atoms with Gasteiger partial charge in [-0.2, -0.15) is 15.8 Å². The molecule has 0 fully saturated rings. The van der Waals surface area contributed by atoms with E-state index in [4.69, 9.17) is 20.5 Å². The summed E-state index contributed by atoms with van der Waals surface area (Å²) >= 11 is 0. The molecule has 0 radical (unpaired) electrons. The summed E-state index contributed by atoms with van der Waals surface area (Å²) in [7, 11) is 0. The molecule has 0 spiro atoms. The predicted octanol–water partition coefficient (Wildman–Crippen LogP) is 3.28. The summed E-state index contributed by atoms with van der Waals surface area (Å²) in [4.78, 5) is 12.3. The van der Waals surface area contributed by atoms with Crippen LogP contribution in [0.2, 0.25) is 0 Å². The molecule has 0 saturated heterocycles. The fourth-order valence-corrected chi connectivity index (χ4v) is 1.85. The van der Waals surface area contributed by atoms with Gasteiger partial charge in [-0.1, -0.05) is 12.1 Å². The van der Waals surface area contributed by atoms with E-state index in [0.717, 1.165) is 12.1 Å². The third-order valence-corrected chi connectivity index (χ3v) is 3.02. The molecule has 120 valence electrons. The number of benzene rings is 2. The largest absolute Gasteiger partial charge is 0.423 e. The summed E-state index contributed by atoms with van der Waals surface area (Å²) in [6, 6.07) is 15.9. The van der Waals surface area contributed by atoms with Crippen molar-refractivity contribution in [2.45, 2.75) is 0 Å². The van der Waals surface area contributed by atoms with Gasteiger partial charge in [0.15, 0.2) is 5.57 Å². The minimum atomic E-state index is -0.748. The van der Waals surface area contributed by atoms with E-state index in [9.17, 15) is 9.18 Å². The number of nitrogens with one attached hydrogen (secondary N) is 1. The quantitative estimate of drug-likeness (QED) is 0.522. The zero-order chi connectivity index (χ0) is 18.2. The number of nitriles is 3. The number of allylic oxidation sites excluding steroid dienone is 2. The van der Waals surface area contributed by atoms with E-state index in [1.54, 1.807) is 30.3 Å². The third kappa shape index (κ3) is 4.19. The van der Waals surface area contributed by atoms with Crippen LogP contribution in [0.25, 0.3) is 0 Å². The van der Waals surface area contributed by atoms with Crippen LogP contribution in [-0.2, 0) is 0 Å². The Morgan fingerprint density at radius 3 is 2.20 bits per heavy atom. The van der Waals surface area contributed by atoms with Crippen LogP contribution in [-0.4, -0.2) is 5.97 Å². The van der Waals surface area contributed by atoms with Gasteiger partial charge in [-0.15, -0.1) is 0 Å². The molecule has 25 heavy (non-hydrogen) atoms. The van der Waals surface area contributed by atoms with Crippen LogP contribution in [0.5, 0.6) is 5.75 Å². The number of nitrogens with zero attached hydrogens (tertiary/aromatic N) is 3. The standard InChI is InChI=1S/C18H9FN4O2/c19-13-5-7-14(8-6-13)25-18(24)15-3-1-2-4-16(15)23-17(11-22)12(9-20)10-21/h1-8,23H. The van der Waals surface area contributed by atoms with E-state index in [0.29, 0.717) is 0 Å². The van der Waals surface area contributed by atoms with E-state index in [2.05, 4.69) is 5.32 Å². The van der Waals surface area contributed by atoms with Crippen molar-refractivity contribution in [3.63, 3.8) is 0 Å². The molecule has 0 atom stereocenters. The highest BCUT2D eigenvalue weighted by atomic mass is 19.1. The molecular formula is C18H9FN4O2. The lowest BCUT2D eigenvalue weighted by Gasteiger charge is -2.11. The highest BCUT2D eigenvalue weighted by molar-refractivity contribution is 5.97. The van der Waals surface area contributed by atoms with Gasteiger partial charge in [-0.25, -0.2) is 9.18 Å². The lowest BCUT2D eigenvalue weighted by atomic mass is 10.1. The maximum absolute atomic E-state index is 12.9. The Morgan fingerprint density at radius 2 is 1.60 bits per heavy atom. The molecule has 0 heterocycles. The zero-order valence-corrected chi connectivity index (χ0v) is 12.7. The van der Waals surface area contributed by atoms with E-state index in [1.807, 2.05) is 0 Å². The third-order valence-electron chi connectivity index (χ3n) is 3.02. The Hall–Kier alpha value is -4.15. The number of hydrogen-bond donors (Lipinski definition) is 1. The molecule has 1 N–H and O–H groups in total. The van der Waals surface area contributed by atoms with E-state index < -0.39 is 17.4 Å². The van der Waals surface area contributed by atoms with E-state index >= 15 is 0 Å². The second-order valence-corrected chi connectivity index (χ2v) is 4.60. The number of hydrogen-bond acceptors (Lipinski definition) is 6. The van der Waals surface area contributed by atoms with Crippen LogP contribution < -0.4 is 10.1 Å². The molecule has 0 aliphatic carbocycles. The molecule has 0 saturated carbocycles. The molecule has 6 nitrogen and oxygen atoms in total. The van der Waals surface area contributed by atoms with Gasteiger partial charge in [0.2, 0.25) is 0 Å². The van der Waals surface area contributed by atoms with Crippen molar-refractivity contribution in [1.29, 1.82) is 15.8 Å². The first-order chi connectivity index (χ1) is 12.1. The molecular weight excluding hydrogens is 323 g/mol. The Labute approximate surface area is 142 Å². The molecule has 0 bridgehead atoms. The van der Waals surface area contributed by atoms with E-state index in [-0.39, 0.29) is 22.7 Å². The normalized spacial score (nSPS) is 9.04. The van der Waals surface area contributed by atoms with Gasteiger partial charge in [-0.3, -0.25) is 0 Å². The number of halogens is 1. The molecule has 2 aromatic rings. The fraction of sp³-hybridized carbons (Fsp3) is 0. The highest BCUT2D eigenvalue weighted by Crippen LogP contribution is 2.21. The predicted molar refractivity (Wildman–Crippen MR) is 85.3 cm³/mol. The van der Waals surface area contributed by atoms with Gasteiger partial charge in [0.05, 0.1) is 11.3 Å². The number of carbonyl (C=O) groups is 1. The average molecular weight is 332 g/mol. The van der Waals surface area contributed by atoms with Crippen molar-refractivity contribution in [2.24, 2.45) is 0 Å². The second-order valence-electron chi connectivity index (χ2n) is 4.60. The molecule has 2 aromatic carbocycles. The minimum absolute atomic E-state index is 0.0785. The molecule has 7 heteroatoms. The molecule has 0 aliphatic heterocycles. The maximum Gasteiger partial charge on any atom is 0.345 e. The summed E-state index contributed by atoms with van der Waals surface area (Å²) in [5.74, 6) is -1.07. The van der Waals surface area contributed by atoms with Crippen LogP contribution in [0.1, 0.15) is 10.4 Å². The second kappa shape index (κ2) is 7.92. The smallest absolute Gasteiger partial charge is 0.345 e. The van der Waals surface area contributed by atoms with Crippen LogP contribution in [0.15, 0.2) is 59.8 Å². The average Bonchev–Trinajstić information content (AvgIpc) is 2.64. The van der Waals surface area contributed by atoms with Crippen molar-refractivity contribution < 1.29 is 13.9 Å². The Kier molecular flexibility index (Phi) is 5.45. The van der Waals surface area contributed by atoms with Gasteiger partial charge in [-0.05, 0) is 36.4 Å². The summed E-state index contributed by atoms with van der Waals surface area (Å²) in [6.07, 6.45) is 0. The van der Waals surface area contributed by atoms with Crippen LogP contribution in [0.4, 0.5) is 10.1 Å². The van der Waals surface area contributed by atoms with Crippen molar-refractivity contribution in [2.75, 3.05) is 5.32 Å². The lowest BCUT2D eigenvalue weighted by molar-refractivity contribution is 0.0735. The van der Waals surface area contributed by atoms with Crippen LogP contribution >= 0.6 is 0 Å². The monoisotopic (exact) mass is 332 g/mol. The van der Waals surface area contributed by atoms with Crippen molar-refractivity contribution in [3.05, 3.63) is 71.2 Å². The Balaban J connectivity index is 2.32. The minimum Gasteiger partial charge on any atom is -0.423 e. The molecule has 0 aromatic heterocycles. The lowest BCUT2D eigenvalue weighted by Crippen LogP contribution is -2.12. The summed E-state index contributed by atoms with van der Waals surface area (Å²) < 4.78 is 18.0. The summed E-state index contributed by atoms with van der Waals surface area (Å²) in [5, 5.41) is 29.4. The number of anilines is 1. The van der Waals surface area contributed by atoms with Crippen molar-refractivity contribution in [1.82, 2.24) is 0 Å². The van der Waals surface area contributed by atoms with Gasteiger partial charge >= 0.3 is 5.97 Å². The van der Waals surface area contributed by atoms with Gasteiger partial charge in [0.1, 0.15) is 35.5 Å². The Morgan fingerprint density at radius 1 is 0.960 bits per heavy atom. The number of carbonyl (C=O) groups excluding carboxylic acids is 1. The zero-order valence-electron chi connectivity index (χ0n) is 12.7. The highest BCUT2D eigenvalue weighted by Gasteiger charge is 2.16. The maximum atomic E-state index is 12.9. The van der Waals surface area contributed by atoms with Crippen molar-refractivity contribution >= 4 is 11.7 Å². The van der Waals surface area contributed by atoms with Gasteiger partial charge in [0, 0.05) is 0 Å². The number of ether oxygens (including phenoxy) is 1. The number of esters is 1. The van der Waals surface area contributed by atoms with Crippen LogP contribution in [0, 0.1) is 39.8 Å². The molecule has 0 unspecified atom stereocenters. The van der Waals surface area contributed by atoms with E-state index in [1.165, 1.54) is 24.3 Å². The van der Waals surface area contributed by atoms with Crippen LogP contribution in [0.3, 0.4) is 0 Å². The molecule has 0 amide bonds. The van der Waals surface area contributed by atoms with Gasteiger partial charge in [0.25, 0.3) is 0 Å². The fourth-order valence-electron chi connectivity index (χ4n) is 1.85. The number of para-hydroxylation sites is 1. The van der Waals surface area contributed by atoms with Crippen molar-refractivity contribution in [3.8, 4) is 24.0 Å². The van der Waals surface area contributed by atoms with Gasteiger partial charge < -0.3 is 10.1 Å². The first kappa shape index (κ1) is 17.2. The summed E-state index contributed by atoms with van der Waals surface area (Å²) in [6.45, 7) is 0. The topological polar surface area (TPSA) is 110 Å². The Bertz CT molecular complexity index is 944. The molecule has 0 aliphatic rings. The molecule has 2 rings (SSSR count).